The molecule has 1 saturated carbocycles. The van der Waals surface area contributed by atoms with Crippen LogP contribution < -0.4 is 0 Å². The molecule has 0 spiro atoms. The van der Waals surface area contributed by atoms with Crippen molar-refractivity contribution in [2.45, 2.75) is 52.4 Å². The molecule has 2 rings (SSSR count). The molecule has 0 atom stereocenters. The van der Waals surface area contributed by atoms with Crippen LogP contribution in [0.25, 0.3) is 0 Å². The first-order chi connectivity index (χ1) is 8.78. The van der Waals surface area contributed by atoms with Crippen LogP contribution in [0.2, 0.25) is 0 Å². The van der Waals surface area contributed by atoms with Gasteiger partial charge in [0.1, 0.15) is 0 Å². The molecule has 1 aliphatic carbocycles. The molecular weight excluding hydrogens is 216 g/mol. The Morgan fingerprint density at radius 3 is 2.33 bits per heavy atom. The average molecular weight is 240 g/mol. The Bertz CT molecular complexity index is 408. The number of rotatable bonds is 2. The van der Waals surface area contributed by atoms with Crippen molar-refractivity contribution >= 4 is 0 Å². The summed E-state index contributed by atoms with van der Waals surface area (Å²) in [6.07, 6.45) is 7.69. The third kappa shape index (κ3) is 3.91. The van der Waals surface area contributed by atoms with E-state index in [1.54, 1.807) is 0 Å². The summed E-state index contributed by atoms with van der Waals surface area (Å²) >= 11 is 0. The fourth-order valence-corrected chi connectivity index (χ4v) is 2.63. The lowest BCUT2D eigenvalue weighted by atomic mass is 9.83. The molecule has 0 bridgehead atoms. The molecule has 96 valence electrons. The average Bonchev–Trinajstić information content (AvgIpc) is 2.40. The lowest BCUT2D eigenvalue weighted by molar-refractivity contribution is 0.337. The first kappa shape index (κ1) is 13.2. The second-order valence-corrected chi connectivity index (χ2v) is 5.67. The van der Waals surface area contributed by atoms with Gasteiger partial charge in [0.15, 0.2) is 0 Å². The van der Waals surface area contributed by atoms with E-state index in [-0.39, 0.29) is 0 Å². The smallest absolute Gasteiger partial charge is 0.0245 e. The lowest BCUT2D eigenvalue weighted by Crippen LogP contribution is -2.10. The van der Waals surface area contributed by atoms with Gasteiger partial charge in [-0.05, 0) is 55.7 Å². The highest BCUT2D eigenvalue weighted by Gasteiger charge is 2.15. The van der Waals surface area contributed by atoms with Gasteiger partial charge in [0.25, 0.3) is 0 Å². The van der Waals surface area contributed by atoms with Crippen LogP contribution in [0.4, 0.5) is 0 Å². The van der Waals surface area contributed by atoms with Crippen LogP contribution in [-0.2, 0) is 6.42 Å². The van der Waals surface area contributed by atoms with Crippen LogP contribution in [0.5, 0.6) is 0 Å². The largest absolute Gasteiger partial charge is 0.0945 e. The molecule has 0 saturated heterocycles. The molecule has 1 aromatic carbocycles. The molecule has 1 fully saturated rings. The molecule has 0 N–H and O–H groups in total. The normalized spacial score (nSPS) is 23.2. The third-order valence-electron chi connectivity index (χ3n) is 3.93. The maximum absolute atomic E-state index is 3.46. The van der Waals surface area contributed by atoms with E-state index in [9.17, 15) is 0 Å². The number of aryl methyl sites for hydroxylation is 1. The highest BCUT2D eigenvalue weighted by molar-refractivity contribution is 5.36. The van der Waals surface area contributed by atoms with Gasteiger partial charge in [-0.15, -0.1) is 0 Å². The van der Waals surface area contributed by atoms with Crippen molar-refractivity contribution in [3.8, 4) is 11.8 Å². The quantitative estimate of drug-likeness (QED) is 0.650. The Hall–Kier alpha value is -1.22. The molecule has 0 unspecified atom stereocenters. The van der Waals surface area contributed by atoms with Gasteiger partial charge in [-0.3, -0.25) is 0 Å². The molecule has 0 heterocycles. The molecule has 0 radical (unpaired) electrons. The van der Waals surface area contributed by atoms with Crippen LogP contribution in [0.3, 0.4) is 0 Å². The zero-order chi connectivity index (χ0) is 12.8. The minimum absolute atomic E-state index is 0.636. The van der Waals surface area contributed by atoms with E-state index in [0.29, 0.717) is 5.92 Å². The maximum Gasteiger partial charge on any atom is 0.0245 e. The number of hydrogen-bond donors (Lipinski definition) is 0. The van der Waals surface area contributed by atoms with Crippen molar-refractivity contribution in [1.82, 2.24) is 0 Å². The number of hydrogen-bond acceptors (Lipinski definition) is 0. The monoisotopic (exact) mass is 240 g/mol. The van der Waals surface area contributed by atoms with Crippen molar-refractivity contribution in [2.75, 3.05) is 0 Å². The Balaban J connectivity index is 1.93. The van der Waals surface area contributed by atoms with E-state index < -0.39 is 0 Å². The Morgan fingerprint density at radius 2 is 1.72 bits per heavy atom. The Kier molecular flexibility index (Phi) is 4.88. The molecule has 0 aromatic heterocycles. The molecule has 0 aliphatic heterocycles. The van der Waals surface area contributed by atoms with Gasteiger partial charge in [0, 0.05) is 11.5 Å². The van der Waals surface area contributed by atoms with Crippen LogP contribution >= 0.6 is 0 Å². The Labute approximate surface area is 112 Å². The third-order valence-corrected chi connectivity index (χ3v) is 3.93. The summed E-state index contributed by atoms with van der Waals surface area (Å²) in [5, 5.41) is 0. The maximum atomic E-state index is 3.46. The van der Waals surface area contributed by atoms with E-state index in [4.69, 9.17) is 0 Å². The van der Waals surface area contributed by atoms with Crippen molar-refractivity contribution < 1.29 is 0 Å². The SMILES string of the molecule is CCCc1ccc(C#CC2CCC(C)CC2)cc1. The van der Waals surface area contributed by atoms with Gasteiger partial charge >= 0.3 is 0 Å². The highest BCUT2D eigenvalue weighted by atomic mass is 14.2. The first-order valence-corrected chi connectivity index (χ1v) is 7.38. The molecule has 0 amide bonds. The molecule has 1 aromatic rings. The van der Waals surface area contributed by atoms with Gasteiger partial charge in [-0.1, -0.05) is 44.2 Å². The van der Waals surface area contributed by atoms with E-state index in [0.717, 1.165) is 5.92 Å². The summed E-state index contributed by atoms with van der Waals surface area (Å²) in [5.41, 5.74) is 2.60. The zero-order valence-electron chi connectivity index (χ0n) is 11.7. The minimum Gasteiger partial charge on any atom is -0.0945 e. The second-order valence-electron chi connectivity index (χ2n) is 5.67. The molecular formula is C18H24. The zero-order valence-corrected chi connectivity index (χ0v) is 11.7. The van der Waals surface area contributed by atoms with E-state index in [1.807, 2.05) is 0 Å². The summed E-state index contributed by atoms with van der Waals surface area (Å²) in [7, 11) is 0. The summed E-state index contributed by atoms with van der Waals surface area (Å²) in [5.74, 6) is 8.36. The predicted molar refractivity (Wildman–Crippen MR) is 78.4 cm³/mol. The van der Waals surface area contributed by atoms with E-state index in [2.05, 4.69) is 50.0 Å². The van der Waals surface area contributed by atoms with Gasteiger partial charge < -0.3 is 0 Å². The van der Waals surface area contributed by atoms with Crippen LogP contribution in [0.15, 0.2) is 24.3 Å². The Morgan fingerprint density at radius 1 is 1.06 bits per heavy atom. The van der Waals surface area contributed by atoms with Crippen molar-refractivity contribution in [3.05, 3.63) is 35.4 Å². The van der Waals surface area contributed by atoms with E-state index >= 15 is 0 Å². The minimum atomic E-state index is 0.636. The van der Waals surface area contributed by atoms with Crippen molar-refractivity contribution in [3.63, 3.8) is 0 Å². The molecule has 0 heteroatoms. The fourth-order valence-electron chi connectivity index (χ4n) is 2.63. The highest BCUT2D eigenvalue weighted by Crippen LogP contribution is 2.27. The number of benzene rings is 1. The molecule has 1 aliphatic rings. The van der Waals surface area contributed by atoms with Crippen molar-refractivity contribution in [2.24, 2.45) is 11.8 Å². The van der Waals surface area contributed by atoms with Gasteiger partial charge in [-0.2, -0.15) is 0 Å². The van der Waals surface area contributed by atoms with Crippen LogP contribution in [-0.4, -0.2) is 0 Å². The van der Waals surface area contributed by atoms with Crippen LogP contribution in [0.1, 0.15) is 57.1 Å². The van der Waals surface area contributed by atoms with Crippen molar-refractivity contribution in [1.29, 1.82) is 0 Å². The first-order valence-electron chi connectivity index (χ1n) is 7.38. The summed E-state index contributed by atoms with van der Waals surface area (Å²) in [4.78, 5) is 0. The lowest BCUT2D eigenvalue weighted by Gasteiger charge is -2.21. The van der Waals surface area contributed by atoms with Crippen LogP contribution in [0, 0.1) is 23.7 Å². The van der Waals surface area contributed by atoms with Gasteiger partial charge in [0.2, 0.25) is 0 Å². The molecule has 0 nitrogen and oxygen atoms in total. The molecule has 18 heavy (non-hydrogen) atoms. The van der Waals surface area contributed by atoms with Gasteiger partial charge in [0.05, 0.1) is 0 Å². The topological polar surface area (TPSA) is 0 Å². The summed E-state index contributed by atoms with van der Waals surface area (Å²) in [6, 6.07) is 8.78. The van der Waals surface area contributed by atoms with Gasteiger partial charge in [-0.25, -0.2) is 0 Å². The van der Waals surface area contributed by atoms with E-state index in [1.165, 1.54) is 49.7 Å². The standard InChI is InChI=1S/C18H24/c1-3-4-16-9-11-18(12-10-16)14-13-17-7-5-15(2)6-8-17/h9-12,15,17H,3-8H2,1-2H3. The summed E-state index contributed by atoms with van der Waals surface area (Å²) < 4.78 is 0. The summed E-state index contributed by atoms with van der Waals surface area (Å²) in [6.45, 7) is 4.58. The fraction of sp³-hybridized carbons (Fsp3) is 0.556. The predicted octanol–water partition coefficient (Wildman–Crippen LogP) is 4.82. The second kappa shape index (κ2) is 6.64.